The number of hydrogen-bond acceptors (Lipinski definition) is 3. The van der Waals surface area contributed by atoms with Crippen molar-refractivity contribution in [1.29, 1.82) is 0 Å². The molecule has 1 saturated heterocycles. The molecular weight excluding hydrogens is 188 g/mol. The summed E-state index contributed by atoms with van der Waals surface area (Å²) in [5.41, 5.74) is 0. The Balaban J connectivity index is 2.07. The number of piperidine rings is 1. The normalized spacial score (nSPS) is 28.6. The number of hydrogen-bond donors (Lipinski definition) is 1. The second-order valence-electron chi connectivity index (χ2n) is 4.92. The predicted octanol–water partition coefficient (Wildman–Crippen LogP) is 1.48. The molecule has 3 nitrogen and oxygen atoms in total. The van der Waals surface area contributed by atoms with Crippen LogP contribution in [0, 0.1) is 0 Å². The molecule has 0 aromatic rings. The molecule has 3 heteroatoms. The average molecular weight is 214 g/mol. The monoisotopic (exact) mass is 214 g/mol. The van der Waals surface area contributed by atoms with Crippen LogP contribution in [0.15, 0.2) is 0 Å². The lowest BCUT2D eigenvalue weighted by Gasteiger charge is -2.35. The molecule has 0 amide bonds. The molecule has 0 saturated carbocycles. The van der Waals surface area contributed by atoms with Gasteiger partial charge in [0.15, 0.2) is 0 Å². The Labute approximate surface area is 94.2 Å². The van der Waals surface area contributed by atoms with Crippen molar-refractivity contribution in [3.8, 4) is 0 Å². The van der Waals surface area contributed by atoms with Gasteiger partial charge in [-0.05, 0) is 47.2 Å². The van der Waals surface area contributed by atoms with E-state index in [0.717, 1.165) is 13.2 Å². The van der Waals surface area contributed by atoms with Crippen molar-refractivity contribution in [2.75, 3.05) is 26.7 Å². The summed E-state index contributed by atoms with van der Waals surface area (Å²) in [5.74, 6) is 0. The standard InChI is InChI=1S/C12H26N2O/c1-10(2)15-8-6-13-12-5-7-14(4)11(3)9-12/h10-13H,5-9H2,1-4H3. The minimum Gasteiger partial charge on any atom is -0.377 e. The Bertz CT molecular complexity index is 173. The van der Waals surface area contributed by atoms with E-state index < -0.39 is 0 Å². The van der Waals surface area contributed by atoms with Crippen molar-refractivity contribution in [1.82, 2.24) is 10.2 Å². The van der Waals surface area contributed by atoms with E-state index in [1.807, 2.05) is 0 Å². The first kappa shape index (κ1) is 12.9. The van der Waals surface area contributed by atoms with Crippen molar-refractivity contribution >= 4 is 0 Å². The lowest BCUT2D eigenvalue weighted by Crippen LogP contribution is -2.46. The van der Waals surface area contributed by atoms with Gasteiger partial charge in [-0.1, -0.05) is 0 Å². The minimum atomic E-state index is 0.350. The third-order valence-corrected chi connectivity index (χ3v) is 3.19. The van der Waals surface area contributed by atoms with Gasteiger partial charge in [-0.2, -0.15) is 0 Å². The first-order valence-electron chi connectivity index (χ1n) is 6.15. The Hall–Kier alpha value is -0.120. The van der Waals surface area contributed by atoms with Crippen LogP contribution >= 0.6 is 0 Å². The van der Waals surface area contributed by atoms with Gasteiger partial charge in [-0.15, -0.1) is 0 Å². The molecule has 15 heavy (non-hydrogen) atoms. The Kier molecular flexibility index (Phi) is 5.58. The summed E-state index contributed by atoms with van der Waals surface area (Å²) in [7, 11) is 2.21. The van der Waals surface area contributed by atoms with Crippen LogP contribution in [0.1, 0.15) is 33.6 Å². The molecule has 0 spiro atoms. The highest BCUT2D eigenvalue weighted by atomic mass is 16.5. The van der Waals surface area contributed by atoms with Crippen LogP contribution in [0.2, 0.25) is 0 Å². The number of nitrogens with zero attached hydrogens (tertiary/aromatic N) is 1. The Morgan fingerprint density at radius 2 is 2.20 bits per heavy atom. The molecule has 0 radical (unpaired) electrons. The van der Waals surface area contributed by atoms with E-state index in [1.54, 1.807) is 0 Å². The van der Waals surface area contributed by atoms with E-state index in [-0.39, 0.29) is 0 Å². The van der Waals surface area contributed by atoms with Crippen LogP contribution in [-0.4, -0.2) is 49.8 Å². The maximum Gasteiger partial charge on any atom is 0.0594 e. The summed E-state index contributed by atoms with van der Waals surface area (Å²) in [4.78, 5) is 2.43. The van der Waals surface area contributed by atoms with Crippen molar-refractivity contribution in [2.24, 2.45) is 0 Å². The molecule has 0 aromatic heterocycles. The molecule has 90 valence electrons. The van der Waals surface area contributed by atoms with Gasteiger partial charge in [0.1, 0.15) is 0 Å². The molecule has 0 bridgehead atoms. The van der Waals surface area contributed by atoms with Crippen molar-refractivity contribution < 1.29 is 4.74 Å². The fraction of sp³-hybridized carbons (Fsp3) is 1.00. The molecule has 2 atom stereocenters. The van der Waals surface area contributed by atoms with E-state index in [9.17, 15) is 0 Å². The van der Waals surface area contributed by atoms with Crippen LogP contribution in [-0.2, 0) is 4.74 Å². The molecule has 1 rings (SSSR count). The van der Waals surface area contributed by atoms with Gasteiger partial charge in [0.05, 0.1) is 12.7 Å². The molecule has 2 unspecified atom stereocenters. The van der Waals surface area contributed by atoms with Crippen molar-refractivity contribution in [2.45, 2.75) is 51.8 Å². The average Bonchev–Trinajstić information content (AvgIpc) is 2.18. The minimum absolute atomic E-state index is 0.350. The SMILES string of the molecule is CC(C)OCCNC1CCN(C)C(C)C1. The number of ether oxygens (including phenoxy) is 1. The molecule has 1 aliphatic rings. The van der Waals surface area contributed by atoms with E-state index in [4.69, 9.17) is 4.74 Å². The second kappa shape index (κ2) is 6.46. The zero-order valence-corrected chi connectivity index (χ0v) is 10.6. The topological polar surface area (TPSA) is 24.5 Å². The first-order valence-corrected chi connectivity index (χ1v) is 6.15. The molecule has 1 fully saturated rings. The highest BCUT2D eigenvalue weighted by Crippen LogP contribution is 2.14. The predicted molar refractivity (Wildman–Crippen MR) is 64.2 cm³/mol. The van der Waals surface area contributed by atoms with Gasteiger partial charge < -0.3 is 15.0 Å². The lowest BCUT2D eigenvalue weighted by molar-refractivity contribution is 0.0759. The van der Waals surface area contributed by atoms with Gasteiger partial charge >= 0.3 is 0 Å². The molecule has 0 aromatic carbocycles. The maximum atomic E-state index is 5.51. The van der Waals surface area contributed by atoms with E-state index in [2.05, 4.69) is 38.0 Å². The van der Waals surface area contributed by atoms with Crippen LogP contribution in [0.5, 0.6) is 0 Å². The van der Waals surface area contributed by atoms with Gasteiger partial charge in [-0.25, -0.2) is 0 Å². The smallest absolute Gasteiger partial charge is 0.0594 e. The van der Waals surface area contributed by atoms with Gasteiger partial charge in [0.2, 0.25) is 0 Å². The summed E-state index contributed by atoms with van der Waals surface area (Å²) in [6, 6.07) is 1.40. The molecule has 1 N–H and O–H groups in total. The zero-order valence-electron chi connectivity index (χ0n) is 10.6. The molecular formula is C12H26N2O. The summed E-state index contributed by atoms with van der Waals surface area (Å²) in [5, 5.41) is 3.58. The Morgan fingerprint density at radius 3 is 2.80 bits per heavy atom. The van der Waals surface area contributed by atoms with Crippen molar-refractivity contribution in [3.63, 3.8) is 0 Å². The third kappa shape index (κ3) is 4.96. The highest BCUT2D eigenvalue weighted by molar-refractivity contribution is 4.80. The van der Waals surface area contributed by atoms with Gasteiger partial charge in [0, 0.05) is 18.6 Å². The number of rotatable bonds is 5. The van der Waals surface area contributed by atoms with Gasteiger partial charge in [0.25, 0.3) is 0 Å². The number of nitrogens with one attached hydrogen (secondary N) is 1. The van der Waals surface area contributed by atoms with E-state index in [0.29, 0.717) is 18.2 Å². The second-order valence-corrected chi connectivity index (χ2v) is 4.92. The fourth-order valence-electron chi connectivity index (χ4n) is 2.03. The summed E-state index contributed by atoms with van der Waals surface area (Å²) in [6.07, 6.45) is 2.88. The van der Waals surface area contributed by atoms with E-state index >= 15 is 0 Å². The summed E-state index contributed by atoms with van der Waals surface area (Å²) >= 11 is 0. The van der Waals surface area contributed by atoms with Crippen LogP contribution in [0.4, 0.5) is 0 Å². The quantitative estimate of drug-likeness (QED) is 0.702. The van der Waals surface area contributed by atoms with Crippen LogP contribution in [0.3, 0.4) is 0 Å². The highest BCUT2D eigenvalue weighted by Gasteiger charge is 2.21. The fourth-order valence-corrected chi connectivity index (χ4v) is 2.03. The van der Waals surface area contributed by atoms with Crippen LogP contribution in [0.25, 0.3) is 0 Å². The third-order valence-electron chi connectivity index (χ3n) is 3.19. The van der Waals surface area contributed by atoms with Crippen LogP contribution < -0.4 is 5.32 Å². The molecule has 1 heterocycles. The van der Waals surface area contributed by atoms with Gasteiger partial charge in [-0.3, -0.25) is 0 Å². The number of likely N-dealkylation sites (tertiary alicyclic amines) is 1. The zero-order chi connectivity index (χ0) is 11.3. The first-order chi connectivity index (χ1) is 7.09. The molecule has 0 aliphatic carbocycles. The maximum absolute atomic E-state index is 5.51. The summed E-state index contributed by atoms with van der Waals surface area (Å²) < 4.78 is 5.51. The van der Waals surface area contributed by atoms with Crippen molar-refractivity contribution in [3.05, 3.63) is 0 Å². The largest absolute Gasteiger partial charge is 0.377 e. The van der Waals surface area contributed by atoms with E-state index in [1.165, 1.54) is 19.4 Å². The lowest BCUT2D eigenvalue weighted by atomic mass is 9.99. The molecule has 1 aliphatic heterocycles. The summed E-state index contributed by atoms with van der Waals surface area (Å²) in [6.45, 7) is 9.50. The Morgan fingerprint density at radius 1 is 1.47 bits per heavy atom.